The minimum atomic E-state index is -0.102. The number of benzene rings is 8. The number of anilines is 6. The first-order valence-electron chi connectivity index (χ1n) is 21.7. The van der Waals surface area contributed by atoms with E-state index in [1.807, 2.05) is 0 Å². The number of nitrogens with zero attached hydrogens (tertiary/aromatic N) is 2. The molecule has 1 fully saturated rings. The van der Waals surface area contributed by atoms with Crippen LogP contribution in [0.15, 0.2) is 206 Å². The molecule has 2 unspecified atom stereocenters. The maximum Gasteiger partial charge on any atom is 0.0540 e. The van der Waals surface area contributed by atoms with Gasteiger partial charge in [0.2, 0.25) is 0 Å². The fourth-order valence-corrected chi connectivity index (χ4v) is 10.5. The molecule has 60 heavy (non-hydrogen) atoms. The molecule has 1 saturated carbocycles. The summed E-state index contributed by atoms with van der Waals surface area (Å²) in [6.07, 6.45) is 4.76. The Morgan fingerprint density at radius 1 is 0.433 bits per heavy atom. The van der Waals surface area contributed by atoms with Crippen LogP contribution in [-0.2, 0) is 10.8 Å². The minimum Gasteiger partial charge on any atom is -0.311 e. The van der Waals surface area contributed by atoms with Crippen molar-refractivity contribution < 1.29 is 0 Å². The van der Waals surface area contributed by atoms with Gasteiger partial charge in [0, 0.05) is 44.8 Å². The van der Waals surface area contributed by atoms with Gasteiger partial charge in [-0.2, -0.15) is 0 Å². The second kappa shape index (κ2) is 15.5. The first-order valence-corrected chi connectivity index (χ1v) is 21.7. The third-order valence-corrected chi connectivity index (χ3v) is 13.4. The van der Waals surface area contributed by atoms with Crippen molar-refractivity contribution in [2.45, 2.75) is 57.3 Å². The molecule has 0 aliphatic heterocycles. The molecule has 0 bridgehead atoms. The van der Waals surface area contributed by atoms with E-state index in [0.717, 1.165) is 29.9 Å². The summed E-state index contributed by atoms with van der Waals surface area (Å²) in [6.45, 7) is 7.19. The summed E-state index contributed by atoms with van der Waals surface area (Å²) >= 11 is 0. The van der Waals surface area contributed by atoms with Gasteiger partial charge in [-0.25, -0.2) is 0 Å². The molecule has 10 rings (SSSR count). The molecule has 2 atom stereocenters. The van der Waals surface area contributed by atoms with E-state index in [4.69, 9.17) is 0 Å². The van der Waals surface area contributed by atoms with E-state index in [9.17, 15) is 0 Å². The second-order valence-corrected chi connectivity index (χ2v) is 17.5. The molecule has 0 spiro atoms. The Labute approximate surface area is 356 Å². The normalized spacial score (nSPS) is 17.7. The summed E-state index contributed by atoms with van der Waals surface area (Å²) < 4.78 is 0. The van der Waals surface area contributed by atoms with Crippen LogP contribution in [-0.4, -0.2) is 0 Å². The first-order chi connectivity index (χ1) is 29.4. The monoisotopic (exact) mass is 776 g/mol. The van der Waals surface area contributed by atoms with Crippen molar-refractivity contribution in [3.05, 3.63) is 229 Å². The van der Waals surface area contributed by atoms with Crippen molar-refractivity contribution in [2.24, 2.45) is 5.92 Å². The van der Waals surface area contributed by atoms with E-state index in [1.54, 1.807) is 0 Å². The maximum absolute atomic E-state index is 2.48. The van der Waals surface area contributed by atoms with Gasteiger partial charge in [-0.3, -0.25) is 0 Å². The molecular formula is C58H52N2. The molecule has 294 valence electrons. The topological polar surface area (TPSA) is 6.48 Å². The molecule has 0 aromatic heterocycles. The third kappa shape index (κ3) is 6.61. The third-order valence-electron chi connectivity index (χ3n) is 13.4. The van der Waals surface area contributed by atoms with E-state index < -0.39 is 0 Å². The van der Waals surface area contributed by atoms with Crippen LogP contribution >= 0.6 is 0 Å². The second-order valence-electron chi connectivity index (χ2n) is 17.5. The van der Waals surface area contributed by atoms with Crippen LogP contribution in [0, 0.1) is 5.92 Å². The van der Waals surface area contributed by atoms with E-state index in [2.05, 4.69) is 237 Å². The highest BCUT2D eigenvalue weighted by Gasteiger charge is 2.39. The van der Waals surface area contributed by atoms with Gasteiger partial charge in [-0.15, -0.1) is 0 Å². The Morgan fingerprint density at radius 3 is 1.53 bits per heavy atom. The summed E-state index contributed by atoms with van der Waals surface area (Å²) in [5, 5.41) is 0. The summed E-state index contributed by atoms with van der Waals surface area (Å²) in [7, 11) is 0. The first kappa shape index (κ1) is 37.6. The molecule has 2 aliphatic carbocycles. The molecule has 0 N–H and O–H groups in total. The van der Waals surface area contributed by atoms with Crippen molar-refractivity contribution in [2.75, 3.05) is 9.80 Å². The van der Waals surface area contributed by atoms with E-state index in [1.165, 1.54) is 74.4 Å². The lowest BCUT2D eigenvalue weighted by Crippen LogP contribution is -2.33. The Hall–Kier alpha value is -6.64. The molecule has 0 heterocycles. The number of fused-ring (bicyclic) bond motifs is 3. The number of hydrogen-bond donors (Lipinski definition) is 0. The zero-order valence-electron chi connectivity index (χ0n) is 34.9. The lowest BCUT2D eigenvalue weighted by Gasteiger charge is -2.42. The predicted octanol–water partition coefficient (Wildman–Crippen LogP) is 16.1. The summed E-state index contributed by atoms with van der Waals surface area (Å²) in [4.78, 5) is 4.84. The van der Waals surface area contributed by atoms with Crippen molar-refractivity contribution in [3.8, 4) is 22.3 Å². The number of hydrogen-bond acceptors (Lipinski definition) is 2. The summed E-state index contributed by atoms with van der Waals surface area (Å²) in [6, 6.07) is 76.3. The minimum absolute atomic E-state index is 0.0742. The van der Waals surface area contributed by atoms with Gasteiger partial charge in [0.05, 0.1) is 5.69 Å². The lowest BCUT2D eigenvalue weighted by atomic mass is 9.62. The van der Waals surface area contributed by atoms with Gasteiger partial charge < -0.3 is 9.80 Å². The van der Waals surface area contributed by atoms with Gasteiger partial charge in [-0.1, -0.05) is 173 Å². The van der Waals surface area contributed by atoms with Gasteiger partial charge in [0.15, 0.2) is 0 Å². The number of para-hydroxylation sites is 3. The number of rotatable bonds is 9. The van der Waals surface area contributed by atoms with Crippen LogP contribution in [0.3, 0.4) is 0 Å². The van der Waals surface area contributed by atoms with Crippen LogP contribution in [0.2, 0.25) is 0 Å². The molecule has 2 nitrogen and oxygen atoms in total. The zero-order valence-corrected chi connectivity index (χ0v) is 34.9. The molecule has 2 heteroatoms. The van der Waals surface area contributed by atoms with Gasteiger partial charge in [0.25, 0.3) is 0 Å². The average Bonchev–Trinajstić information content (AvgIpc) is 3.53. The van der Waals surface area contributed by atoms with Crippen molar-refractivity contribution in [1.82, 2.24) is 0 Å². The smallest absolute Gasteiger partial charge is 0.0540 e. The molecule has 0 radical (unpaired) electrons. The van der Waals surface area contributed by atoms with Crippen LogP contribution in [0.1, 0.15) is 68.7 Å². The van der Waals surface area contributed by atoms with Crippen molar-refractivity contribution in [1.29, 1.82) is 0 Å². The van der Waals surface area contributed by atoms with E-state index >= 15 is 0 Å². The molecule has 2 aliphatic rings. The molecule has 0 amide bonds. The molecule has 8 aromatic rings. The highest BCUT2D eigenvalue weighted by atomic mass is 15.1. The highest BCUT2D eigenvalue weighted by molar-refractivity contribution is 5.90. The van der Waals surface area contributed by atoms with Crippen LogP contribution in [0.25, 0.3) is 22.3 Å². The van der Waals surface area contributed by atoms with Gasteiger partial charge in [0.1, 0.15) is 0 Å². The van der Waals surface area contributed by atoms with Crippen LogP contribution < -0.4 is 9.80 Å². The van der Waals surface area contributed by atoms with Crippen LogP contribution in [0.4, 0.5) is 34.1 Å². The maximum atomic E-state index is 2.48. The fourth-order valence-electron chi connectivity index (χ4n) is 10.5. The van der Waals surface area contributed by atoms with Crippen molar-refractivity contribution in [3.63, 3.8) is 0 Å². The Kier molecular flexibility index (Phi) is 9.73. The zero-order chi connectivity index (χ0) is 40.7. The Bertz CT molecular complexity index is 2700. The van der Waals surface area contributed by atoms with Gasteiger partial charge >= 0.3 is 0 Å². The summed E-state index contributed by atoms with van der Waals surface area (Å²) in [5.41, 5.74) is 17.5. The summed E-state index contributed by atoms with van der Waals surface area (Å²) in [5.74, 6) is 0.636. The molecule has 8 aromatic carbocycles. The SMILES string of the molecule is CC1CCCC(c2ccc(N(c3ccccc3)c3ccccc3)cc2)(c2ccc(N(c3ccc4c(c3)C(C)(C)c3ccccc3-4)c3ccccc3-c3ccccc3)cc2)C1. The average molecular weight is 777 g/mol. The van der Waals surface area contributed by atoms with Crippen LogP contribution in [0.5, 0.6) is 0 Å². The molecule has 0 saturated heterocycles. The molecular weight excluding hydrogens is 725 g/mol. The van der Waals surface area contributed by atoms with E-state index in [-0.39, 0.29) is 10.8 Å². The van der Waals surface area contributed by atoms with Crippen molar-refractivity contribution >= 4 is 34.1 Å². The Morgan fingerprint density at radius 2 is 0.917 bits per heavy atom. The lowest BCUT2D eigenvalue weighted by molar-refractivity contribution is 0.272. The highest BCUT2D eigenvalue weighted by Crippen LogP contribution is 2.52. The largest absolute Gasteiger partial charge is 0.311 e. The van der Waals surface area contributed by atoms with Gasteiger partial charge in [-0.05, 0) is 124 Å². The fraction of sp³-hybridized carbons (Fsp3) is 0.172. The Balaban J connectivity index is 1.07. The predicted molar refractivity (Wildman–Crippen MR) is 254 cm³/mol. The van der Waals surface area contributed by atoms with E-state index in [0.29, 0.717) is 5.92 Å². The quantitative estimate of drug-likeness (QED) is 0.144. The standard InChI is InChI=1S/C58H52N2/c1-42-18-17-39-58(41-42,44-29-33-48(34-30-44)59(46-21-9-5-10-22-46)47-23-11-6-12-24-47)45-31-35-49(36-32-45)60(56-28-16-14-25-51(56)43-19-7-4-8-20-43)50-37-38-53-52-26-13-15-27-54(52)57(2,3)55(53)40-50/h4-16,19-38,40,42H,17-18,39,41H2,1-3H3.